The Labute approximate surface area is 163 Å². The zero-order valence-electron chi connectivity index (χ0n) is 15.6. The van der Waals surface area contributed by atoms with Crippen LogP contribution in [0.1, 0.15) is 19.6 Å². The number of hydrogen-bond donors (Lipinski definition) is 4. The first-order valence-electron chi connectivity index (χ1n) is 8.80. The van der Waals surface area contributed by atoms with E-state index in [1.54, 1.807) is 6.92 Å². The minimum absolute atomic E-state index is 0.139. The molecule has 1 aliphatic heterocycles. The number of nitrogens with two attached hydrogens (primary N) is 1. The van der Waals surface area contributed by atoms with E-state index in [2.05, 4.69) is 9.97 Å². The predicted molar refractivity (Wildman–Crippen MR) is 99.8 cm³/mol. The Hall–Kier alpha value is -2.29. The summed E-state index contributed by atoms with van der Waals surface area (Å²) >= 11 is 0. The summed E-state index contributed by atoms with van der Waals surface area (Å²) in [6, 6.07) is 0. The lowest BCUT2D eigenvalue weighted by atomic mass is 10.1. The average Bonchev–Trinajstić information content (AvgIpc) is 3.06. The number of hydrogen-bond acceptors (Lipinski definition) is 9. The number of H-pyrrole nitrogens is 1. The van der Waals surface area contributed by atoms with Gasteiger partial charge in [0.25, 0.3) is 5.56 Å². The largest absolute Gasteiger partial charge is 0.390 e. The van der Waals surface area contributed by atoms with Crippen molar-refractivity contribution in [1.29, 1.82) is 0 Å². The monoisotopic (exact) mass is 435 g/mol. The SMILES string of the molecule is CC[C@H](O)[C@H]1O[C@@H](n2c(=O)n(CCS(C)(=O)=O)c3c(=O)[nH]c(N)nc32)[C@H](O)[C@H]1F. The van der Waals surface area contributed by atoms with E-state index in [4.69, 9.17) is 10.5 Å². The zero-order chi connectivity index (χ0) is 21.7. The second kappa shape index (κ2) is 7.51. The quantitative estimate of drug-likeness (QED) is 0.394. The fourth-order valence-corrected chi connectivity index (χ4v) is 3.82. The molecule has 12 nitrogen and oxygen atoms in total. The van der Waals surface area contributed by atoms with Gasteiger partial charge >= 0.3 is 5.69 Å². The van der Waals surface area contributed by atoms with E-state index in [9.17, 15) is 32.6 Å². The number of alkyl halides is 1. The Kier molecular flexibility index (Phi) is 5.55. The lowest BCUT2D eigenvalue weighted by Crippen LogP contribution is -2.36. The first-order valence-corrected chi connectivity index (χ1v) is 10.9. The number of aromatic amines is 1. The molecule has 0 bridgehead atoms. The molecule has 0 radical (unpaired) electrons. The maximum Gasteiger partial charge on any atom is 0.332 e. The lowest BCUT2D eigenvalue weighted by molar-refractivity contribution is -0.0799. The Balaban J connectivity index is 2.19. The van der Waals surface area contributed by atoms with Crippen molar-refractivity contribution in [3.05, 3.63) is 20.8 Å². The maximum absolute atomic E-state index is 14.5. The fourth-order valence-electron chi connectivity index (χ4n) is 3.31. The molecule has 162 valence electrons. The molecule has 5 atom stereocenters. The van der Waals surface area contributed by atoms with E-state index in [1.807, 2.05) is 0 Å². The number of aliphatic hydroxyl groups excluding tert-OH is 2. The number of ether oxygens (including phenoxy) is 1. The van der Waals surface area contributed by atoms with Crippen molar-refractivity contribution >= 4 is 26.9 Å². The molecular weight excluding hydrogens is 413 g/mol. The minimum Gasteiger partial charge on any atom is -0.390 e. The van der Waals surface area contributed by atoms with Gasteiger partial charge in [-0.25, -0.2) is 22.2 Å². The molecule has 0 unspecified atom stereocenters. The molecular formula is C15H22FN5O7S. The van der Waals surface area contributed by atoms with Crippen LogP contribution in [0.4, 0.5) is 10.3 Å². The third-order valence-corrected chi connectivity index (χ3v) is 5.72. The van der Waals surface area contributed by atoms with Crippen LogP contribution in [0.15, 0.2) is 9.59 Å². The lowest BCUT2D eigenvalue weighted by Gasteiger charge is -2.18. The van der Waals surface area contributed by atoms with Crippen LogP contribution in [0.2, 0.25) is 0 Å². The molecule has 0 amide bonds. The molecule has 14 heteroatoms. The third-order valence-electron chi connectivity index (χ3n) is 4.80. The van der Waals surface area contributed by atoms with Gasteiger partial charge < -0.3 is 20.7 Å². The summed E-state index contributed by atoms with van der Waals surface area (Å²) < 4.78 is 44.6. The van der Waals surface area contributed by atoms with Crippen molar-refractivity contribution in [1.82, 2.24) is 19.1 Å². The van der Waals surface area contributed by atoms with E-state index < -0.39 is 57.6 Å². The number of nitrogen functional groups attached to an aromatic ring is 1. The van der Waals surface area contributed by atoms with Crippen LogP contribution in [0.5, 0.6) is 0 Å². The first kappa shape index (κ1) is 21.4. The number of halogens is 1. The molecule has 29 heavy (non-hydrogen) atoms. The standard InChI is InChI=1S/C15H22FN5O7S/c1-3-6(22)10-7(16)9(23)13(28-10)21-11-8(12(24)19-14(17)18-11)20(15(21)25)4-5-29(2,26)27/h6-7,9-10,13,22-23H,3-5H2,1-2H3,(H3,17,18,19,24)/t6-,7+,9+,10+,13+/m0/s1. The molecule has 1 fully saturated rings. The van der Waals surface area contributed by atoms with Crippen molar-refractivity contribution < 1.29 is 27.8 Å². The predicted octanol–water partition coefficient (Wildman–Crippen LogP) is -2.12. The minimum atomic E-state index is -3.48. The molecule has 3 heterocycles. The molecule has 0 saturated carbocycles. The molecule has 0 aliphatic carbocycles. The van der Waals surface area contributed by atoms with Crippen LogP contribution in [-0.4, -0.2) is 74.2 Å². The molecule has 5 N–H and O–H groups in total. The van der Waals surface area contributed by atoms with Gasteiger partial charge in [-0.2, -0.15) is 4.98 Å². The number of aliphatic hydroxyl groups is 2. The van der Waals surface area contributed by atoms with Gasteiger partial charge in [-0.15, -0.1) is 0 Å². The van der Waals surface area contributed by atoms with E-state index in [0.29, 0.717) is 0 Å². The van der Waals surface area contributed by atoms with Crippen molar-refractivity contribution in [2.45, 2.75) is 50.6 Å². The smallest absolute Gasteiger partial charge is 0.332 e. The third kappa shape index (κ3) is 3.80. The molecule has 1 aliphatic rings. The van der Waals surface area contributed by atoms with Crippen LogP contribution in [0.25, 0.3) is 11.2 Å². The Morgan fingerprint density at radius 2 is 2.07 bits per heavy atom. The topological polar surface area (TPSA) is 183 Å². The summed E-state index contributed by atoms with van der Waals surface area (Å²) in [7, 11) is -3.48. The first-order chi connectivity index (χ1) is 13.5. The second-order valence-corrected chi connectivity index (χ2v) is 9.22. The van der Waals surface area contributed by atoms with Crippen LogP contribution >= 0.6 is 0 Å². The summed E-state index contributed by atoms with van der Waals surface area (Å²) in [6.45, 7) is 1.21. The van der Waals surface area contributed by atoms with Crippen LogP contribution in [0.3, 0.4) is 0 Å². The number of sulfone groups is 1. The normalized spacial score (nSPS) is 26.2. The van der Waals surface area contributed by atoms with Gasteiger partial charge in [0.2, 0.25) is 5.95 Å². The number of aromatic nitrogens is 4. The van der Waals surface area contributed by atoms with E-state index in [0.717, 1.165) is 15.4 Å². The van der Waals surface area contributed by atoms with Crippen molar-refractivity contribution in [2.24, 2.45) is 0 Å². The number of nitrogens with one attached hydrogen (secondary N) is 1. The van der Waals surface area contributed by atoms with Crippen molar-refractivity contribution in [2.75, 3.05) is 17.7 Å². The molecule has 1 saturated heterocycles. The number of imidazole rings is 1. The molecule has 0 spiro atoms. The highest BCUT2D eigenvalue weighted by atomic mass is 32.2. The maximum atomic E-state index is 14.5. The molecule has 0 aromatic carbocycles. The van der Waals surface area contributed by atoms with Gasteiger partial charge in [0.05, 0.1) is 11.9 Å². The van der Waals surface area contributed by atoms with E-state index in [-0.39, 0.29) is 30.1 Å². The van der Waals surface area contributed by atoms with E-state index >= 15 is 0 Å². The van der Waals surface area contributed by atoms with Gasteiger partial charge in [0, 0.05) is 12.8 Å². The highest BCUT2D eigenvalue weighted by Gasteiger charge is 2.49. The van der Waals surface area contributed by atoms with Crippen LogP contribution in [-0.2, 0) is 21.1 Å². The number of fused-ring (bicyclic) bond motifs is 1. The average molecular weight is 435 g/mol. The molecule has 2 aromatic rings. The Morgan fingerprint density at radius 3 is 2.66 bits per heavy atom. The zero-order valence-corrected chi connectivity index (χ0v) is 16.5. The number of anilines is 1. The summed E-state index contributed by atoms with van der Waals surface area (Å²) in [5.74, 6) is -0.793. The van der Waals surface area contributed by atoms with Gasteiger partial charge in [-0.1, -0.05) is 6.92 Å². The van der Waals surface area contributed by atoms with Gasteiger partial charge in [0.15, 0.2) is 23.6 Å². The summed E-state index contributed by atoms with van der Waals surface area (Å²) in [6.07, 6.45) is -6.97. The van der Waals surface area contributed by atoms with Gasteiger partial charge in [-0.05, 0) is 6.42 Å². The highest BCUT2D eigenvalue weighted by Crippen LogP contribution is 2.34. The summed E-state index contributed by atoms with van der Waals surface area (Å²) in [5.41, 5.74) is 3.21. The molecule has 2 aromatic heterocycles. The Bertz CT molecular complexity index is 1140. The number of aryl methyl sites for hydroxylation is 1. The Morgan fingerprint density at radius 1 is 1.41 bits per heavy atom. The van der Waals surface area contributed by atoms with Crippen molar-refractivity contribution in [3.63, 3.8) is 0 Å². The fraction of sp³-hybridized carbons (Fsp3) is 0.667. The van der Waals surface area contributed by atoms with E-state index in [1.165, 1.54) is 0 Å². The highest BCUT2D eigenvalue weighted by molar-refractivity contribution is 7.90. The number of nitrogens with zero attached hydrogens (tertiary/aromatic N) is 3. The second-order valence-electron chi connectivity index (χ2n) is 6.96. The van der Waals surface area contributed by atoms with Crippen molar-refractivity contribution in [3.8, 4) is 0 Å². The summed E-state index contributed by atoms with van der Waals surface area (Å²) in [4.78, 5) is 31.5. The van der Waals surface area contributed by atoms with Crippen LogP contribution in [0, 0.1) is 0 Å². The van der Waals surface area contributed by atoms with Gasteiger partial charge in [0.1, 0.15) is 22.0 Å². The van der Waals surface area contributed by atoms with Gasteiger partial charge in [-0.3, -0.25) is 14.3 Å². The summed E-state index contributed by atoms with van der Waals surface area (Å²) in [5, 5.41) is 20.2. The molecule has 3 rings (SSSR count). The van der Waals surface area contributed by atoms with Crippen LogP contribution < -0.4 is 17.0 Å². The number of rotatable bonds is 6.